The summed E-state index contributed by atoms with van der Waals surface area (Å²) in [5.41, 5.74) is 4.89. The molecule has 0 radical (unpaired) electrons. The highest BCUT2D eigenvalue weighted by atomic mass is 16.5. The van der Waals surface area contributed by atoms with Crippen molar-refractivity contribution in [2.45, 2.75) is 26.8 Å². The van der Waals surface area contributed by atoms with Crippen LogP contribution in [0.5, 0.6) is 5.75 Å². The Kier molecular flexibility index (Phi) is 6.26. The molecule has 4 aromatic rings. The highest BCUT2D eigenvalue weighted by molar-refractivity contribution is 5.93. The maximum Gasteiger partial charge on any atom is 0.251 e. The number of carbonyl (C=O) groups excluding carboxylic acids is 1. The molecule has 0 aliphatic carbocycles. The van der Waals surface area contributed by atoms with Crippen molar-refractivity contribution in [3.05, 3.63) is 89.5 Å². The third kappa shape index (κ3) is 4.74. The largest absolute Gasteiger partial charge is 0.491 e. The lowest BCUT2D eigenvalue weighted by Crippen LogP contribution is -2.26. The quantitative estimate of drug-likeness (QED) is 0.471. The number of nitrogens with one attached hydrogen (secondary N) is 1. The standard InChI is InChI=1S/C25H26N4O2/c1-18-6-5-7-19(2)24(18)31-17-16-29-22-9-4-3-8-21(22)28-23(29)12-15-27-25(30)20-10-13-26-14-11-20/h3-11,13-14H,12,15-17H2,1-2H3,(H,27,30). The Labute approximate surface area is 181 Å². The van der Waals surface area contributed by atoms with E-state index < -0.39 is 0 Å². The van der Waals surface area contributed by atoms with E-state index in [9.17, 15) is 4.79 Å². The van der Waals surface area contributed by atoms with Gasteiger partial charge in [0, 0.05) is 30.9 Å². The van der Waals surface area contributed by atoms with E-state index in [1.807, 2.05) is 24.3 Å². The Bertz CT molecular complexity index is 1160. The van der Waals surface area contributed by atoms with Crippen LogP contribution in [-0.2, 0) is 13.0 Å². The fraction of sp³-hybridized carbons (Fsp3) is 0.240. The van der Waals surface area contributed by atoms with Crippen LogP contribution in [-0.4, -0.2) is 33.6 Å². The van der Waals surface area contributed by atoms with Crippen LogP contribution in [0.25, 0.3) is 11.0 Å². The Morgan fingerprint density at radius 1 is 1.00 bits per heavy atom. The molecule has 0 bridgehead atoms. The molecule has 2 heterocycles. The van der Waals surface area contributed by atoms with Gasteiger partial charge in [0.2, 0.25) is 0 Å². The fourth-order valence-corrected chi connectivity index (χ4v) is 3.72. The summed E-state index contributed by atoms with van der Waals surface area (Å²) in [6.45, 7) is 5.85. The van der Waals surface area contributed by atoms with Gasteiger partial charge in [-0.25, -0.2) is 4.98 Å². The van der Waals surface area contributed by atoms with E-state index in [0.717, 1.165) is 33.7 Å². The highest BCUT2D eigenvalue weighted by Gasteiger charge is 2.12. The maximum atomic E-state index is 12.3. The van der Waals surface area contributed by atoms with E-state index in [-0.39, 0.29) is 5.91 Å². The number of pyridine rings is 1. The van der Waals surface area contributed by atoms with Gasteiger partial charge >= 0.3 is 0 Å². The number of hydrogen-bond acceptors (Lipinski definition) is 4. The van der Waals surface area contributed by atoms with Gasteiger partial charge < -0.3 is 14.6 Å². The van der Waals surface area contributed by atoms with Crippen molar-refractivity contribution in [3.63, 3.8) is 0 Å². The molecule has 2 aromatic heterocycles. The van der Waals surface area contributed by atoms with Crippen molar-refractivity contribution in [1.29, 1.82) is 0 Å². The first-order valence-electron chi connectivity index (χ1n) is 10.4. The Morgan fingerprint density at radius 2 is 1.74 bits per heavy atom. The molecule has 0 saturated carbocycles. The molecular formula is C25H26N4O2. The van der Waals surface area contributed by atoms with Crippen LogP contribution in [0.2, 0.25) is 0 Å². The molecule has 158 valence electrons. The summed E-state index contributed by atoms with van der Waals surface area (Å²) < 4.78 is 8.30. The van der Waals surface area contributed by atoms with E-state index in [2.05, 4.69) is 46.9 Å². The normalized spacial score (nSPS) is 10.9. The molecule has 0 aliphatic rings. The van der Waals surface area contributed by atoms with Crippen molar-refractivity contribution >= 4 is 16.9 Å². The van der Waals surface area contributed by atoms with Crippen LogP contribution in [0.1, 0.15) is 27.3 Å². The summed E-state index contributed by atoms with van der Waals surface area (Å²) in [6.07, 6.45) is 3.86. The average Bonchev–Trinajstić information content (AvgIpc) is 3.13. The summed E-state index contributed by atoms with van der Waals surface area (Å²) in [6, 6.07) is 17.7. The van der Waals surface area contributed by atoms with Gasteiger partial charge in [-0.3, -0.25) is 9.78 Å². The van der Waals surface area contributed by atoms with Crippen molar-refractivity contribution in [2.24, 2.45) is 0 Å². The first kappa shape index (κ1) is 20.6. The zero-order chi connectivity index (χ0) is 21.6. The molecule has 0 saturated heterocycles. The monoisotopic (exact) mass is 414 g/mol. The molecule has 0 atom stereocenters. The van der Waals surface area contributed by atoms with Crippen molar-refractivity contribution in [3.8, 4) is 5.75 Å². The minimum absolute atomic E-state index is 0.108. The van der Waals surface area contributed by atoms with E-state index in [1.165, 1.54) is 0 Å². The number of para-hydroxylation sites is 3. The summed E-state index contributed by atoms with van der Waals surface area (Å²) in [5.74, 6) is 1.77. The lowest BCUT2D eigenvalue weighted by molar-refractivity contribution is 0.0953. The summed E-state index contributed by atoms with van der Waals surface area (Å²) >= 11 is 0. The van der Waals surface area contributed by atoms with Crippen LogP contribution in [0, 0.1) is 13.8 Å². The van der Waals surface area contributed by atoms with Gasteiger partial charge in [0.1, 0.15) is 18.2 Å². The van der Waals surface area contributed by atoms with Crippen LogP contribution in [0.4, 0.5) is 0 Å². The van der Waals surface area contributed by atoms with Crippen LogP contribution >= 0.6 is 0 Å². The Morgan fingerprint density at radius 3 is 2.52 bits per heavy atom. The van der Waals surface area contributed by atoms with Gasteiger partial charge in [0.25, 0.3) is 5.91 Å². The van der Waals surface area contributed by atoms with Gasteiger partial charge in [0.15, 0.2) is 0 Å². The first-order valence-corrected chi connectivity index (χ1v) is 10.4. The number of rotatable bonds is 8. The molecular weight excluding hydrogens is 388 g/mol. The molecule has 31 heavy (non-hydrogen) atoms. The molecule has 0 aliphatic heterocycles. The van der Waals surface area contributed by atoms with Crippen molar-refractivity contribution < 1.29 is 9.53 Å². The number of aromatic nitrogens is 3. The second kappa shape index (κ2) is 9.43. The molecule has 6 heteroatoms. The zero-order valence-corrected chi connectivity index (χ0v) is 17.8. The van der Waals surface area contributed by atoms with Gasteiger partial charge in [-0.1, -0.05) is 30.3 Å². The Hall–Kier alpha value is -3.67. The molecule has 1 amide bonds. The first-order chi connectivity index (χ1) is 15.1. The number of fused-ring (bicyclic) bond motifs is 1. The van der Waals surface area contributed by atoms with Gasteiger partial charge in [0.05, 0.1) is 17.6 Å². The molecule has 2 aromatic carbocycles. The lowest BCUT2D eigenvalue weighted by atomic mass is 10.1. The summed E-state index contributed by atoms with van der Waals surface area (Å²) in [4.78, 5) is 21.0. The van der Waals surface area contributed by atoms with E-state index in [4.69, 9.17) is 9.72 Å². The number of nitrogens with zero attached hydrogens (tertiary/aromatic N) is 3. The zero-order valence-electron chi connectivity index (χ0n) is 17.8. The van der Waals surface area contributed by atoms with Crippen LogP contribution in [0.3, 0.4) is 0 Å². The van der Waals surface area contributed by atoms with E-state index >= 15 is 0 Å². The van der Waals surface area contributed by atoms with E-state index in [0.29, 0.717) is 31.7 Å². The summed E-state index contributed by atoms with van der Waals surface area (Å²) in [7, 11) is 0. The summed E-state index contributed by atoms with van der Waals surface area (Å²) in [5, 5.41) is 2.96. The minimum Gasteiger partial charge on any atom is -0.491 e. The second-order valence-corrected chi connectivity index (χ2v) is 7.48. The number of amides is 1. The SMILES string of the molecule is Cc1cccc(C)c1OCCn1c(CCNC(=O)c2ccncc2)nc2ccccc21. The average molecular weight is 415 g/mol. The van der Waals surface area contributed by atoms with Crippen LogP contribution in [0.15, 0.2) is 67.0 Å². The number of ether oxygens (including phenoxy) is 1. The predicted molar refractivity (Wildman–Crippen MR) is 121 cm³/mol. The minimum atomic E-state index is -0.108. The smallest absolute Gasteiger partial charge is 0.251 e. The number of aryl methyl sites for hydroxylation is 2. The van der Waals surface area contributed by atoms with Crippen molar-refractivity contribution in [2.75, 3.05) is 13.2 Å². The second-order valence-electron chi connectivity index (χ2n) is 7.48. The molecule has 1 N–H and O–H groups in total. The van der Waals surface area contributed by atoms with Crippen LogP contribution < -0.4 is 10.1 Å². The Balaban J connectivity index is 1.45. The van der Waals surface area contributed by atoms with Gasteiger partial charge in [-0.05, 0) is 49.2 Å². The lowest BCUT2D eigenvalue weighted by Gasteiger charge is -2.14. The number of hydrogen-bond donors (Lipinski definition) is 1. The third-order valence-electron chi connectivity index (χ3n) is 5.28. The maximum absolute atomic E-state index is 12.3. The molecule has 4 rings (SSSR count). The molecule has 0 spiro atoms. The molecule has 6 nitrogen and oxygen atoms in total. The fourth-order valence-electron chi connectivity index (χ4n) is 3.72. The number of benzene rings is 2. The highest BCUT2D eigenvalue weighted by Crippen LogP contribution is 2.23. The van der Waals surface area contributed by atoms with Gasteiger partial charge in [-0.15, -0.1) is 0 Å². The molecule has 0 fully saturated rings. The van der Waals surface area contributed by atoms with Crippen molar-refractivity contribution in [1.82, 2.24) is 19.9 Å². The number of carbonyl (C=O) groups is 1. The third-order valence-corrected chi connectivity index (χ3v) is 5.28. The number of imidazole rings is 1. The van der Waals surface area contributed by atoms with E-state index in [1.54, 1.807) is 24.5 Å². The predicted octanol–water partition coefficient (Wildman–Crippen LogP) is 4.10. The molecule has 0 unspecified atom stereocenters. The topological polar surface area (TPSA) is 69.0 Å². The van der Waals surface area contributed by atoms with Gasteiger partial charge in [-0.2, -0.15) is 0 Å².